The SMILES string of the molecule is CCOC(=O)C1=NN(C)c2nc(N)[nH]c(=O)c2C(C)=C1. The fourth-order valence-corrected chi connectivity index (χ4v) is 1.89. The van der Waals surface area contributed by atoms with Gasteiger partial charge in [0.25, 0.3) is 5.56 Å². The number of rotatable bonds is 2. The normalized spacial score (nSPS) is 14.1. The maximum atomic E-state index is 12.0. The summed E-state index contributed by atoms with van der Waals surface area (Å²) in [6.45, 7) is 3.64. The molecule has 0 atom stereocenters. The van der Waals surface area contributed by atoms with Crippen molar-refractivity contribution < 1.29 is 9.53 Å². The van der Waals surface area contributed by atoms with Crippen LogP contribution in [0.25, 0.3) is 5.57 Å². The van der Waals surface area contributed by atoms with Crippen molar-refractivity contribution in [1.82, 2.24) is 9.97 Å². The van der Waals surface area contributed by atoms with E-state index in [1.165, 1.54) is 11.1 Å². The molecule has 0 spiro atoms. The van der Waals surface area contributed by atoms with Crippen LogP contribution in [-0.4, -0.2) is 35.3 Å². The summed E-state index contributed by atoms with van der Waals surface area (Å²) in [6.07, 6.45) is 1.49. The topological polar surface area (TPSA) is 114 Å². The zero-order valence-electron chi connectivity index (χ0n) is 11.4. The molecule has 1 aliphatic heterocycles. The number of nitrogens with one attached hydrogen (secondary N) is 1. The molecule has 0 aliphatic carbocycles. The molecule has 3 N–H and O–H groups in total. The number of anilines is 2. The van der Waals surface area contributed by atoms with Gasteiger partial charge in [0, 0.05) is 7.05 Å². The molecule has 0 radical (unpaired) electrons. The van der Waals surface area contributed by atoms with Gasteiger partial charge in [-0.25, -0.2) is 9.80 Å². The summed E-state index contributed by atoms with van der Waals surface area (Å²) in [7, 11) is 1.58. The molecule has 1 aromatic heterocycles. The van der Waals surface area contributed by atoms with Crippen molar-refractivity contribution in [3.8, 4) is 0 Å². The molecule has 0 unspecified atom stereocenters. The summed E-state index contributed by atoms with van der Waals surface area (Å²) < 4.78 is 4.91. The third kappa shape index (κ3) is 2.40. The number of hydrazone groups is 1. The summed E-state index contributed by atoms with van der Waals surface area (Å²) >= 11 is 0. The van der Waals surface area contributed by atoms with Crippen molar-refractivity contribution in [2.75, 3.05) is 24.4 Å². The lowest BCUT2D eigenvalue weighted by Crippen LogP contribution is -2.23. The van der Waals surface area contributed by atoms with Gasteiger partial charge < -0.3 is 10.5 Å². The van der Waals surface area contributed by atoms with Gasteiger partial charge in [-0.05, 0) is 25.5 Å². The van der Waals surface area contributed by atoms with Gasteiger partial charge in [0.2, 0.25) is 5.95 Å². The molecule has 0 saturated heterocycles. The second-order valence-corrected chi connectivity index (χ2v) is 4.21. The molecular weight excluding hydrogens is 262 g/mol. The van der Waals surface area contributed by atoms with Gasteiger partial charge in [0.15, 0.2) is 11.5 Å². The number of aromatic nitrogens is 2. The number of hydrogen-bond acceptors (Lipinski definition) is 7. The van der Waals surface area contributed by atoms with Gasteiger partial charge in [0.05, 0.1) is 12.2 Å². The van der Waals surface area contributed by atoms with Crippen molar-refractivity contribution in [2.45, 2.75) is 13.8 Å². The number of esters is 1. The van der Waals surface area contributed by atoms with Crippen LogP contribution in [0.4, 0.5) is 11.8 Å². The van der Waals surface area contributed by atoms with E-state index in [1.54, 1.807) is 20.9 Å². The second kappa shape index (κ2) is 5.16. The molecule has 8 nitrogen and oxygen atoms in total. The van der Waals surface area contributed by atoms with Crippen LogP contribution in [0, 0.1) is 0 Å². The van der Waals surface area contributed by atoms with Gasteiger partial charge in [0.1, 0.15) is 0 Å². The Hall–Kier alpha value is -2.64. The molecule has 2 heterocycles. The van der Waals surface area contributed by atoms with E-state index in [9.17, 15) is 9.59 Å². The summed E-state index contributed by atoms with van der Waals surface area (Å²) in [6, 6.07) is 0. The minimum absolute atomic E-state index is 0.0109. The molecule has 0 bridgehead atoms. The van der Waals surface area contributed by atoms with E-state index < -0.39 is 5.97 Å². The summed E-state index contributed by atoms with van der Waals surface area (Å²) in [5, 5.41) is 5.43. The third-order valence-electron chi connectivity index (χ3n) is 2.72. The van der Waals surface area contributed by atoms with Crippen LogP contribution in [0.5, 0.6) is 0 Å². The molecule has 0 aromatic carbocycles. The highest BCUT2D eigenvalue weighted by Gasteiger charge is 2.22. The number of ether oxygens (including phenoxy) is 1. The molecule has 0 amide bonds. The summed E-state index contributed by atoms with van der Waals surface area (Å²) in [4.78, 5) is 30.3. The van der Waals surface area contributed by atoms with Gasteiger partial charge in [-0.1, -0.05) is 0 Å². The molecule has 0 saturated carbocycles. The van der Waals surface area contributed by atoms with Crippen molar-refractivity contribution in [1.29, 1.82) is 0 Å². The van der Waals surface area contributed by atoms with Crippen LogP contribution in [0.3, 0.4) is 0 Å². The zero-order chi connectivity index (χ0) is 14.9. The number of nitrogens with two attached hydrogens (primary N) is 1. The lowest BCUT2D eigenvalue weighted by Gasteiger charge is -2.14. The number of H-pyrrole nitrogens is 1. The highest BCUT2D eigenvalue weighted by atomic mass is 16.5. The van der Waals surface area contributed by atoms with Crippen LogP contribution in [0.2, 0.25) is 0 Å². The van der Waals surface area contributed by atoms with Crippen molar-refractivity contribution in [2.24, 2.45) is 5.10 Å². The fraction of sp³-hybridized carbons (Fsp3) is 0.333. The van der Waals surface area contributed by atoms with Crippen molar-refractivity contribution in [3.05, 3.63) is 22.0 Å². The highest BCUT2D eigenvalue weighted by Crippen LogP contribution is 2.24. The van der Waals surface area contributed by atoms with E-state index in [2.05, 4.69) is 15.1 Å². The largest absolute Gasteiger partial charge is 0.461 e. The van der Waals surface area contributed by atoms with Crippen LogP contribution in [0.1, 0.15) is 19.4 Å². The smallest absolute Gasteiger partial charge is 0.358 e. The van der Waals surface area contributed by atoms with Crippen molar-refractivity contribution >= 4 is 29.0 Å². The third-order valence-corrected chi connectivity index (χ3v) is 2.72. The maximum absolute atomic E-state index is 12.0. The highest BCUT2D eigenvalue weighted by molar-refractivity contribution is 6.42. The van der Waals surface area contributed by atoms with Gasteiger partial charge in [-0.2, -0.15) is 10.1 Å². The molecule has 106 valence electrons. The van der Waals surface area contributed by atoms with Gasteiger partial charge >= 0.3 is 5.97 Å². The first kappa shape index (κ1) is 13.8. The molecule has 8 heteroatoms. The van der Waals surface area contributed by atoms with E-state index >= 15 is 0 Å². The van der Waals surface area contributed by atoms with Crippen LogP contribution in [0.15, 0.2) is 16.0 Å². The number of hydrogen-bond donors (Lipinski definition) is 2. The predicted octanol–water partition coefficient (Wildman–Crippen LogP) is 0.124. The average Bonchev–Trinajstić information content (AvgIpc) is 2.48. The van der Waals surface area contributed by atoms with E-state index in [0.29, 0.717) is 17.0 Å². The molecule has 2 rings (SSSR count). The number of carbonyl (C=O) groups is 1. The quantitative estimate of drug-likeness (QED) is 0.742. The Morgan fingerprint density at radius 1 is 1.55 bits per heavy atom. The standard InChI is InChI=1S/C12H15N5O3/c1-4-20-11(19)7-5-6(2)8-9(17(3)16-7)14-12(13)15-10(8)18/h5H,4H2,1-3H3,(H3,13,14,15,18). The average molecular weight is 277 g/mol. The van der Waals surface area contributed by atoms with Crippen LogP contribution in [-0.2, 0) is 9.53 Å². The number of aromatic amines is 1. The predicted molar refractivity (Wildman–Crippen MR) is 75.4 cm³/mol. The molecule has 0 fully saturated rings. The number of nitrogen functional groups attached to an aromatic ring is 1. The maximum Gasteiger partial charge on any atom is 0.358 e. The molecule has 1 aliphatic rings. The fourth-order valence-electron chi connectivity index (χ4n) is 1.89. The summed E-state index contributed by atoms with van der Waals surface area (Å²) in [5.41, 5.74) is 6.13. The van der Waals surface area contributed by atoms with Gasteiger partial charge in [-0.3, -0.25) is 9.78 Å². The number of carbonyl (C=O) groups excluding carboxylic acids is 1. The second-order valence-electron chi connectivity index (χ2n) is 4.21. The van der Waals surface area contributed by atoms with E-state index in [4.69, 9.17) is 10.5 Å². The first-order valence-electron chi connectivity index (χ1n) is 6.02. The Morgan fingerprint density at radius 2 is 2.25 bits per heavy atom. The number of allylic oxidation sites excluding steroid dienone is 1. The summed E-state index contributed by atoms with van der Waals surface area (Å²) in [5.74, 6) is -0.279. The van der Waals surface area contributed by atoms with Crippen LogP contribution >= 0.6 is 0 Å². The number of fused-ring (bicyclic) bond motifs is 1. The minimum atomic E-state index is -0.559. The zero-order valence-corrected chi connectivity index (χ0v) is 11.4. The minimum Gasteiger partial charge on any atom is -0.461 e. The monoisotopic (exact) mass is 277 g/mol. The Morgan fingerprint density at radius 3 is 2.90 bits per heavy atom. The first-order chi connectivity index (χ1) is 9.43. The van der Waals surface area contributed by atoms with E-state index in [1.807, 2.05) is 0 Å². The number of nitrogens with zero attached hydrogens (tertiary/aromatic N) is 3. The van der Waals surface area contributed by atoms with Gasteiger partial charge in [-0.15, -0.1) is 0 Å². The molecule has 1 aromatic rings. The molecular formula is C12H15N5O3. The lowest BCUT2D eigenvalue weighted by molar-refractivity contribution is -0.134. The Labute approximate surface area is 114 Å². The van der Waals surface area contributed by atoms with E-state index in [-0.39, 0.29) is 23.8 Å². The molecule has 20 heavy (non-hydrogen) atoms. The van der Waals surface area contributed by atoms with Crippen molar-refractivity contribution in [3.63, 3.8) is 0 Å². The Kier molecular flexibility index (Phi) is 3.55. The van der Waals surface area contributed by atoms with E-state index in [0.717, 1.165) is 0 Å². The van der Waals surface area contributed by atoms with Crippen LogP contribution < -0.4 is 16.3 Å². The first-order valence-corrected chi connectivity index (χ1v) is 6.02. The Bertz CT molecular complexity index is 674. The lowest BCUT2D eigenvalue weighted by atomic mass is 10.1. The Balaban J connectivity index is 2.59.